The molecule has 172 valence electrons. The fraction of sp³-hybridized carbons (Fsp3) is 0.217. The second-order valence-corrected chi connectivity index (χ2v) is 8.63. The lowest BCUT2D eigenvalue weighted by molar-refractivity contribution is -0.137. The lowest BCUT2D eigenvalue weighted by Gasteiger charge is -2.17. The molecule has 33 heavy (non-hydrogen) atoms. The molecule has 0 radical (unpaired) electrons. The van der Waals surface area contributed by atoms with Gasteiger partial charge in [-0.3, -0.25) is 4.99 Å². The lowest BCUT2D eigenvalue weighted by atomic mass is 10.0. The Labute approximate surface area is 190 Å². The number of hydrogen-bond donors (Lipinski definition) is 2. The van der Waals surface area contributed by atoms with E-state index in [9.17, 15) is 28.2 Å². The van der Waals surface area contributed by atoms with Gasteiger partial charge in [-0.2, -0.15) is 13.2 Å². The zero-order valence-corrected chi connectivity index (χ0v) is 18.3. The minimum absolute atomic E-state index is 0.0254. The van der Waals surface area contributed by atoms with E-state index >= 15 is 0 Å². The van der Waals surface area contributed by atoms with Crippen molar-refractivity contribution >= 4 is 23.2 Å². The van der Waals surface area contributed by atoms with Gasteiger partial charge in [0, 0.05) is 22.6 Å². The topological polar surface area (TPSA) is 92.3 Å². The summed E-state index contributed by atoms with van der Waals surface area (Å²) in [4.78, 5) is 17.4. The highest BCUT2D eigenvalue weighted by Gasteiger charge is 2.33. The Kier molecular flexibility index (Phi) is 5.87. The van der Waals surface area contributed by atoms with Crippen LogP contribution in [0.4, 0.5) is 18.9 Å². The van der Waals surface area contributed by atoms with Crippen molar-refractivity contribution in [2.45, 2.75) is 29.7 Å². The molecule has 1 atom stereocenters. The van der Waals surface area contributed by atoms with Crippen molar-refractivity contribution in [2.24, 2.45) is 4.99 Å². The van der Waals surface area contributed by atoms with E-state index in [1.807, 2.05) is 0 Å². The predicted octanol–water partition coefficient (Wildman–Crippen LogP) is 5.74. The first kappa shape index (κ1) is 22.8. The van der Waals surface area contributed by atoms with Gasteiger partial charge in [0.1, 0.15) is 17.1 Å². The minimum atomic E-state index is -4.57. The van der Waals surface area contributed by atoms with Gasteiger partial charge in [-0.15, -0.1) is 11.8 Å². The second kappa shape index (κ2) is 8.51. The zero-order valence-electron chi connectivity index (χ0n) is 17.4. The summed E-state index contributed by atoms with van der Waals surface area (Å²) >= 11 is 1.26. The van der Waals surface area contributed by atoms with E-state index < -0.39 is 22.6 Å². The number of phenols is 1. The Morgan fingerprint density at radius 3 is 2.55 bits per heavy atom. The molecule has 1 unspecified atom stereocenters. The molecule has 0 fully saturated rings. The van der Waals surface area contributed by atoms with Crippen LogP contribution >= 0.6 is 11.8 Å². The van der Waals surface area contributed by atoms with Crippen molar-refractivity contribution < 1.29 is 32.5 Å². The standard InChI is InChI=1S/C23H18F3NO5S/c1-11-7-17(29)21(22(30)32-11)15-10-20(12-3-5-16(28)18(8-12)31-2)33-19-6-4-13(23(24,25)26)9-14(19)27-15/h3-9,20,28-29H,10H2,1-2H3. The van der Waals surface area contributed by atoms with Crippen LogP contribution in [0.15, 0.2) is 61.6 Å². The molecule has 4 rings (SSSR count). The normalized spacial score (nSPS) is 16.0. The molecule has 2 N–H and O–H groups in total. The summed E-state index contributed by atoms with van der Waals surface area (Å²) < 4.78 is 50.2. The number of halogens is 3. The molecule has 0 saturated heterocycles. The maximum Gasteiger partial charge on any atom is 0.416 e. The van der Waals surface area contributed by atoms with Gasteiger partial charge in [0.2, 0.25) is 0 Å². The number of aryl methyl sites for hydroxylation is 1. The monoisotopic (exact) mass is 477 g/mol. The van der Waals surface area contributed by atoms with Crippen LogP contribution in [0.1, 0.15) is 34.1 Å². The summed E-state index contributed by atoms with van der Waals surface area (Å²) in [7, 11) is 1.40. The molecule has 2 heterocycles. The molecule has 6 nitrogen and oxygen atoms in total. The maximum atomic E-state index is 13.3. The van der Waals surface area contributed by atoms with Gasteiger partial charge in [-0.25, -0.2) is 4.79 Å². The van der Waals surface area contributed by atoms with Crippen LogP contribution in [0.3, 0.4) is 0 Å². The number of benzene rings is 2. The van der Waals surface area contributed by atoms with Crippen LogP contribution in [0.5, 0.6) is 17.2 Å². The average molecular weight is 477 g/mol. The van der Waals surface area contributed by atoms with Crippen molar-refractivity contribution in [3.8, 4) is 17.2 Å². The number of methoxy groups -OCH3 is 1. The third kappa shape index (κ3) is 4.56. The molecule has 0 spiro atoms. The summed E-state index contributed by atoms with van der Waals surface area (Å²) in [5.41, 5.74) is -1.13. The van der Waals surface area contributed by atoms with Gasteiger partial charge < -0.3 is 19.4 Å². The van der Waals surface area contributed by atoms with Crippen molar-refractivity contribution in [2.75, 3.05) is 7.11 Å². The number of phenolic OH excluding ortho intramolecular Hbond substituents is 1. The Morgan fingerprint density at radius 2 is 1.88 bits per heavy atom. The Morgan fingerprint density at radius 1 is 1.12 bits per heavy atom. The summed E-state index contributed by atoms with van der Waals surface area (Å²) in [6.45, 7) is 1.49. The predicted molar refractivity (Wildman–Crippen MR) is 117 cm³/mol. The first-order valence-corrected chi connectivity index (χ1v) is 10.6. The molecule has 0 bridgehead atoms. The molecule has 3 aromatic rings. The quantitative estimate of drug-likeness (QED) is 0.500. The summed E-state index contributed by atoms with van der Waals surface area (Å²) in [6, 6.07) is 9.17. The van der Waals surface area contributed by atoms with E-state index in [2.05, 4.69) is 4.99 Å². The summed E-state index contributed by atoms with van der Waals surface area (Å²) in [5, 5.41) is 20.0. The molecular weight excluding hydrogens is 459 g/mol. The van der Waals surface area contributed by atoms with Crippen molar-refractivity contribution in [3.05, 3.63) is 75.3 Å². The molecule has 0 aliphatic carbocycles. The fourth-order valence-corrected chi connectivity index (χ4v) is 4.74. The third-order valence-corrected chi connectivity index (χ3v) is 6.43. The van der Waals surface area contributed by atoms with Gasteiger partial charge in [-0.1, -0.05) is 6.07 Å². The van der Waals surface area contributed by atoms with Crippen LogP contribution in [0.2, 0.25) is 0 Å². The molecule has 0 saturated carbocycles. The minimum Gasteiger partial charge on any atom is -0.507 e. The third-order valence-electron chi connectivity index (χ3n) is 5.11. The average Bonchev–Trinajstić information content (AvgIpc) is 2.91. The van der Waals surface area contributed by atoms with Crippen LogP contribution in [0.25, 0.3) is 0 Å². The van der Waals surface area contributed by atoms with E-state index in [0.29, 0.717) is 10.5 Å². The highest BCUT2D eigenvalue weighted by atomic mass is 32.2. The highest BCUT2D eigenvalue weighted by Crippen LogP contribution is 2.48. The van der Waals surface area contributed by atoms with Gasteiger partial charge in [0.05, 0.1) is 24.1 Å². The van der Waals surface area contributed by atoms with E-state index in [4.69, 9.17) is 9.15 Å². The molecule has 1 aliphatic rings. The Hall–Kier alpha value is -3.40. The van der Waals surface area contributed by atoms with E-state index in [0.717, 1.165) is 12.1 Å². The van der Waals surface area contributed by atoms with Crippen LogP contribution < -0.4 is 10.4 Å². The Bertz CT molecular complexity index is 1320. The largest absolute Gasteiger partial charge is 0.507 e. The molecule has 1 aliphatic heterocycles. The first-order valence-electron chi connectivity index (χ1n) is 9.73. The van der Waals surface area contributed by atoms with Crippen molar-refractivity contribution in [3.63, 3.8) is 0 Å². The fourth-order valence-electron chi connectivity index (χ4n) is 3.54. The lowest BCUT2D eigenvalue weighted by Crippen LogP contribution is -2.17. The summed E-state index contributed by atoms with van der Waals surface area (Å²) in [6.07, 6.45) is -4.48. The number of alkyl halides is 3. The summed E-state index contributed by atoms with van der Waals surface area (Å²) in [5.74, 6) is -0.0311. The first-order chi connectivity index (χ1) is 15.6. The smallest absolute Gasteiger partial charge is 0.416 e. The maximum absolute atomic E-state index is 13.3. The van der Waals surface area contributed by atoms with Crippen LogP contribution in [-0.4, -0.2) is 23.0 Å². The number of aromatic hydroxyl groups is 2. The molecule has 1 aromatic heterocycles. The zero-order chi connectivity index (χ0) is 23.9. The van der Waals surface area contributed by atoms with Gasteiger partial charge in [0.25, 0.3) is 0 Å². The number of hydrogen-bond acceptors (Lipinski definition) is 7. The molecule has 2 aromatic carbocycles. The number of aliphatic imine (C=N–C) groups is 1. The molecular formula is C23H18F3NO5S. The van der Waals surface area contributed by atoms with Crippen LogP contribution in [-0.2, 0) is 6.18 Å². The van der Waals surface area contributed by atoms with Crippen molar-refractivity contribution in [1.82, 2.24) is 0 Å². The second-order valence-electron chi connectivity index (χ2n) is 7.39. The van der Waals surface area contributed by atoms with Gasteiger partial charge in [0.15, 0.2) is 11.5 Å². The van der Waals surface area contributed by atoms with Crippen molar-refractivity contribution in [1.29, 1.82) is 0 Å². The van der Waals surface area contributed by atoms with E-state index in [1.165, 1.54) is 44.0 Å². The van der Waals surface area contributed by atoms with Gasteiger partial charge in [-0.05, 0) is 42.8 Å². The number of thioether (sulfide) groups is 1. The molecule has 0 amide bonds. The van der Waals surface area contributed by atoms with Gasteiger partial charge >= 0.3 is 11.8 Å². The Balaban J connectivity index is 1.91. The number of rotatable bonds is 3. The number of ether oxygens (including phenoxy) is 1. The molecule has 10 heteroatoms. The number of nitrogens with zero attached hydrogens (tertiary/aromatic N) is 1. The highest BCUT2D eigenvalue weighted by molar-refractivity contribution is 7.99. The SMILES string of the molecule is COc1cc(C2CC(c3c(O)cc(C)oc3=O)=Nc3cc(C(F)(F)F)ccc3S2)ccc1O. The van der Waals surface area contributed by atoms with E-state index in [1.54, 1.807) is 12.1 Å². The van der Waals surface area contributed by atoms with Crippen LogP contribution in [0, 0.1) is 6.92 Å². The number of fused-ring (bicyclic) bond motifs is 1. The van der Waals surface area contributed by atoms with E-state index in [-0.39, 0.29) is 46.4 Å².